The molecule has 0 saturated carbocycles. The summed E-state index contributed by atoms with van der Waals surface area (Å²) in [6.07, 6.45) is 3.60. The molecule has 1 aliphatic rings. The SMILES string of the molecule is CCC1CCC(C)N1C(N)=NCc1ccccc1. The minimum Gasteiger partial charge on any atom is -0.370 e. The van der Waals surface area contributed by atoms with Gasteiger partial charge < -0.3 is 10.6 Å². The van der Waals surface area contributed by atoms with Crippen LogP contribution in [0.2, 0.25) is 0 Å². The van der Waals surface area contributed by atoms with Crippen LogP contribution in [-0.4, -0.2) is 22.9 Å². The van der Waals surface area contributed by atoms with Crippen molar-refractivity contribution in [1.29, 1.82) is 0 Å². The smallest absolute Gasteiger partial charge is 0.192 e. The zero-order valence-corrected chi connectivity index (χ0v) is 11.3. The molecular weight excluding hydrogens is 222 g/mol. The summed E-state index contributed by atoms with van der Waals surface area (Å²) < 4.78 is 0. The van der Waals surface area contributed by atoms with Gasteiger partial charge in [0, 0.05) is 12.1 Å². The van der Waals surface area contributed by atoms with E-state index >= 15 is 0 Å². The van der Waals surface area contributed by atoms with Crippen LogP contribution in [0.4, 0.5) is 0 Å². The molecule has 0 radical (unpaired) electrons. The van der Waals surface area contributed by atoms with E-state index < -0.39 is 0 Å². The molecule has 1 aromatic carbocycles. The monoisotopic (exact) mass is 245 g/mol. The summed E-state index contributed by atoms with van der Waals surface area (Å²) in [4.78, 5) is 6.84. The number of aliphatic imine (C=N–C) groups is 1. The van der Waals surface area contributed by atoms with E-state index in [2.05, 4.69) is 35.9 Å². The molecule has 2 atom stereocenters. The summed E-state index contributed by atoms with van der Waals surface area (Å²) in [5.41, 5.74) is 7.37. The third kappa shape index (κ3) is 2.84. The standard InChI is InChI=1S/C15H23N3/c1-3-14-10-9-12(2)18(14)15(16)17-11-13-7-5-4-6-8-13/h4-8,12,14H,3,9-11H2,1-2H3,(H2,16,17). The normalized spacial score (nSPS) is 24.6. The van der Waals surface area contributed by atoms with Crippen molar-refractivity contribution >= 4 is 5.96 Å². The second-order valence-electron chi connectivity index (χ2n) is 5.06. The molecular formula is C15H23N3. The van der Waals surface area contributed by atoms with Crippen LogP contribution >= 0.6 is 0 Å². The number of hydrogen-bond donors (Lipinski definition) is 1. The lowest BCUT2D eigenvalue weighted by Crippen LogP contribution is -2.44. The van der Waals surface area contributed by atoms with Crippen molar-refractivity contribution in [2.75, 3.05) is 0 Å². The van der Waals surface area contributed by atoms with Crippen LogP contribution in [0.25, 0.3) is 0 Å². The average molecular weight is 245 g/mol. The van der Waals surface area contributed by atoms with Crippen LogP contribution in [-0.2, 0) is 6.54 Å². The summed E-state index contributed by atoms with van der Waals surface area (Å²) in [6.45, 7) is 5.13. The van der Waals surface area contributed by atoms with Gasteiger partial charge in [0.1, 0.15) is 0 Å². The van der Waals surface area contributed by atoms with Crippen molar-refractivity contribution in [2.45, 2.75) is 51.7 Å². The molecule has 0 spiro atoms. The van der Waals surface area contributed by atoms with E-state index in [-0.39, 0.29) is 0 Å². The third-order valence-electron chi connectivity index (χ3n) is 3.79. The second kappa shape index (κ2) is 5.89. The fourth-order valence-electron chi connectivity index (χ4n) is 2.72. The maximum atomic E-state index is 6.16. The Kier molecular flexibility index (Phi) is 4.24. The Hall–Kier alpha value is -1.51. The fraction of sp³-hybridized carbons (Fsp3) is 0.533. The van der Waals surface area contributed by atoms with Gasteiger partial charge in [0.2, 0.25) is 0 Å². The van der Waals surface area contributed by atoms with Crippen LogP contribution in [0.15, 0.2) is 35.3 Å². The molecule has 1 fully saturated rings. The quantitative estimate of drug-likeness (QED) is 0.657. The summed E-state index contributed by atoms with van der Waals surface area (Å²) in [7, 11) is 0. The summed E-state index contributed by atoms with van der Waals surface area (Å²) in [5, 5.41) is 0. The second-order valence-corrected chi connectivity index (χ2v) is 5.06. The lowest BCUT2D eigenvalue weighted by molar-refractivity contribution is 0.316. The minimum absolute atomic E-state index is 0.523. The average Bonchev–Trinajstić information content (AvgIpc) is 2.78. The predicted octanol–water partition coefficient (Wildman–Crippen LogP) is 2.76. The number of benzene rings is 1. The van der Waals surface area contributed by atoms with Crippen molar-refractivity contribution in [3.8, 4) is 0 Å². The molecule has 3 nitrogen and oxygen atoms in total. The van der Waals surface area contributed by atoms with Crippen molar-refractivity contribution < 1.29 is 0 Å². The van der Waals surface area contributed by atoms with Crippen LogP contribution in [0, 0.1) is 0 Å². The molecule has 0 aliphatic carbocycles. The predicted molar refractivity (Wildman–Crippen MR) is 76.4 cm³/mol. The highest BCUT2D eigenvalue weighted by atomic mass is 15.3. The van der Waals surface area contributed by atoms with Crippen molar-refractivity contribution in [3.63, 3.8) is 0 Å². The molecule has 0 amide bonds. The van der Waals surface area contributed by atoms with Gasteiger partial charge in [-0.3, -0.25) is 0 Å². The summed E-state index contributed by atoms with van der Waals surface area (Å²) in [5.74, 6) is 0.704. The Labute approximate surface area is 110 Å². The highest BCUT2D eigenvalue weighted by Gasteiger charge is 2.30. The molecule has 1 heterocycles. The Morgan fingerprint density at radius 3 is 2.72 bits per heavy atom. The number of rotatable bonds is 3. The highest BCUT2D eigenvalue weighted by Crippen LogP contribution is 2.25. The number of guanidine groups is 1. The molecule has 18 heavy (non-hydrogen) atoms. The van der Waals surface area contributed by atoms with Crippen LogP contribution in [0.3, 0.4) is 0 Å². The third-order valence-corrected chi connectivity index (χ3v) is 3.79. The molecule has 1 aromatic rings. The first-order chi connectivity index (χ1) is 8.72. The molecule has 2 unspecified atom stereocenters. The van der Waals surface area contributed by atoms with Gasteiger partial charge >= 0.3 is 0 Å². The van der Waals surface area contributed by atoms with E-state index in [9.17, 15) is 0 Å². The Bertz CT molecular complexity index is 399. The number of nitrogens with two attached hydrogens (primary N) is 1. The molecule has 1 aliphatic heterocycles. The molecule has 3 heteroatoms. The van der Waals surface area contributed by atoms with Gasteiger partial charge in [-0.25, -0.2) is 4.99 Å². The van der Waals surface area contributed by atoms with Crippen LogP contribution in [0.5, 0.6) is 0 Å². The Balaban J connectivity index is 2.03. The van der Waals surface area contributed by atoms with E-state index in [1.54, 1.807) is 0 Å². The van der Waals surface area contributed by atoms with E-state index in [0.29, 0.717) is 24.6 Å². The van der Waals surface area contributed by atoms with Crippen molar-refractivity contribution in [3.05, 3.63) is 35.9 Å². The molecule has 0 aromatic heterocycles. The number of hydrogen-bond acceptors (Lipinski definition) is 1. The van der Waals surface area contributed by atoms with Gasteiger partial charge in [-0.05, 0) is 31.7 Å². The summed E-state index contributed by atoms with van der Waals surface area (Å²) in [6, 6.07) is 11.4. The first-order valence-electron chi connectivity index (χ1n) is 6.84. The maximum Gasteiger partial charge on any atom is 0.192 e. The van der Waals surface area contributed by atoms with Crippen LogP contribution in [0.1, 0.15) is 38.7 Å². The van der Waals surface area contributed by atoms with Gasteiger partial charge in [-0.15, -0.1) is 0 Å². The zero-order chi connectivity index (χ0) is 13.0. The lowest BCUT2D eigenvalue weighted by Gasteiger charge is -2.28. The lowest BCUT2D eigenvalue weighted by atomic mass is 10.2. The molecule has 2 rings (SSSR count). The Morgan fingerprint density at radius 2 is 2.06 bits per heavy atom. The van der Waals surface area contributed by atoms with Crippen molar-refractivity contribution in [1.82, 2.24) is 4.90 Å². The number of likely N-dealkylation sites (tertiary alicyclic amines) is 1. The van der Waals surface area contributed by atoms with Gasteiger partial charge in [0.15, 0.2) is 5.96 Å². The fourth-order valence-corrected chi connectivity index (χ4v) is 2.72. The Morgan fingerprint density at radius 1 is 1.33 bits per heavy atom. The maximum absolute atomic E-state index is 6.16. The van der Waals surface area contributed by atoms with Crippen molar-refractivity contribution in [2.24, 2.45) is 10.7 Å². The molecule has 0 bridgehead atoms. The van der Waals surface area contributed by atoms with Gasteiger partial charge in [-0.2, -0.15) is 0 Å². The first kappa shape index (κ1) is 12.9. The van der Waals surface area contributed by atoms with E-state index in [4.69, 9.17) is 5.73 Å². The molecule has 1 saturated heterocycles. The largest absolute Gasteiger partial charge is 0.370 e. The van der Waals surface area contributed by atoms with Gasteiger partial charge in [0.05, 0.1) is 6.54 Å². The van der Waals surface area contributed by atoms with Crippen LogP contribution < -0.4 is 5.73 Å². The van der Waals surface area contributed by atoms with E-state index in [0.717, 1.165) is 6.42 Å². The molecule has 2 N–H and O–H groups in total. The van der Waals surface area contributed by atoms with E-state index in [1.807, 2.05) is 18.2 Å². The van der Waals surface area contributed by atoms with Gasteiger partial charge in [-0.1, -0.05) is 37.3 Å². The molecule has 98 valence electrons. The highest BCUT2D eigenvalue weighted by molar-refractivity contribution is 5.79. The number of nitrogens with zero attached hydrogens (tertiary/aromatic N) is 2. The summed E-state index contributed by atoms with van der Waals surface area (Å²) >= 11 is 0. The van der Waals surface area contributed by atoms with Gasteiger partial charge in [0.25, 0.3) is 0 Å². The topological polar surface area (TPSA) is 41.6 Å². The minimum atomic E-state index is 0.523. The van der Waals surface area contributed by atoms with E-state index in [1.165, 1.54) is 18.4 Å². The first-order valence-corrected chi connectivity index (χ1v) is 6.84. The zero-order valence-electron chi connectivity index (χ0n) is 11.3.